The fraction of sp³-hybridized carbons (Fsp3) is 0.846. The second kappa shape index (κ2) is 7.52. The van der Waals surface area contributed by atoms with Crippen molar-refractivity contribution in [1.29, 1.82) is 0 Å². The predicted molar refractivity (Wildman–Crippen MR) is 81.0 cm³/mol. The zero-order valence-electron chi connectivity index (χ0n) is 13.6. The van der Waals surface area contributed by atoms with Crippen molar-refractivity contribution in [3.8, 4) is 0 Å². The monoisotopic (exact) mass is 355 g/mol. The molecule has 1 fully saturated rings. The minimum Gasteiger partial charge on any atom is -0.343 e. The van der Waals surface area contributed by atoms with Crippen LogP contribution in [0, 0.1) is 0 Å². The van der Waals surface area contributed by atoms with Gasteiger partial charge in [-0.3, -0.25) is 14.5 Å². The zero-order chi connectivity index (χ0) is 17.8. The number of halogens is 2. The molecule has 1 aliphatic rings. The first kappa shape index (κ1) is 19.8. The van der Waals surface area contributed by atoms with Gasteiger partial charge in [-0.15, -0.1) is 0 Å². The molecule has 1 heterocycles. The van der Waals surface area contributed by atoms with E-state index in [1.165, 1.54) is 19.0 Å². The molecule has 0 aromatic carbocycles. The molecule has 10 heteroatoms. The SMILES string of the molecule is CN(CCN(C)C(=O)C(C)(F)F)C(=O)CN1CCS(=O)(=O)CC1. The summed E-state index contributed by atoms with van der Waals surface area (Å²) in [5.74, 6) is -4.90. The number of amides is 2. The Bertz CT molecular complexity index is 534. The van der Waals surface area contributed by atoms with Crippen LogP contribution >= 0.6 is 0 Å². The summed E-state index contributed by atoms with van der Waals surface area (Å²) >= 11 is 0. The normalized spacial score (nSPS) is 18.5. The first-order valence-corrected chi connectivity index (χ1v) is 9.04. The summed E-state index contributed by atoms with van der Waals surface area (Å²) in [6.07, 6.45) is 0. The lowest BCUT2D eigenvalue weighted by atomic mass is 10.3. The third kappa shape index (κ3) is 6.38. The van der Waals surface area contributed by atoms with Crippen molar-refractivity contribution in [2.24, 2.45) is 0 Å². The number of nitrogens with zero attached hydrogens (tertiary/aromatic N) is 3. The first-order chi connectivity index (χ1) is 10.4. The molecule has 0 atom stereocenters. The molecule has 0 aromatic heterocycles. The minimum absolute atomic E-state index is 0.00111. The van der Waals surface area contributed by atoms with Crippen molar-refractivity contribution < 1.29 is 26.8 Å². The van der Waals surface area contributed by atoms with Crippen LogP contribution in [0.5, 0.6) is 0 Å². The van der Waals surface area contributed by atoms with Crippen LogP contribution < -0.4 is 0 Å². The van der Waals surface area contributed by atoms with Gasteiger partial charge >= 0.3 is 5.92 Å². The van der Waals surface area contributed by atoms with Gasteiger partial charge in [0.05, 0.1) is 18.1 Å². The van der Waals surface area contributed by atoms with Crippen molar-refractivity contribution in [2.75, 3.05) is 58.3 Å². The molecule has 0 aromatic rings. The van der Waals surface area contributed by atoms with Crippen molar-refractivity contribution in [2.45, 2.75) is 12.8 Å². The molecule has 0 unspecified atom stereocenters. The molecule has 1 saturated heterocycles. The van der Waals surface area contributed by atoms with Gasteiger partial charge in [-0.25, -0.2) is 8.42 Å². The molecule has 7 nitrogen and oxygen atoms in total. The number of carbonyl (C=O) groups excluding carboxylic acids is 2. The highest BCUT2D eigenvalue weighted by molar-refractivity contribution is 7.91. The van der Waals surface area contributed by atoms with Gasteiger partial charge in [0.1, 0.15) is 0 Å². The van der Waals surface area contributed by atoms with Gasteiger partial charge in [-0.05, 0) is 0 Å². The van der Waals surface area contributed by atoms with Crippen LogP contribution in [0.2, 0.25) is 0 Å². The molecular formula is C13H23F2N3O4S. The number of alkyl halides is 2. The van der Waals surface area contributed by atoms with Gasteiger partial charge in [-0.2, -0.15) is 8.78 Å². The Hall–Kier alpha value is -1.29. The average Bonchev–Trinajstić information content (AvgIpc) is 2.44. The number of sulfone groups is 1. The van der Waals surface area contributed by atoms with E-state index in [0.717, 1.165) is 4.90 Å². The topological polar surface area (TPSA) is 78.0 Å². The Kier molecular flexibility index (Phi) is 6.46. The molecule has 0 bridgehead atoms. The molecular weight excluding hydrogens is 332 g/mol. The summed E-state index contributed by atoms with van der Waals surface area (Å²) in [6, 6.07) is 0. The first-order valence-electron chi connectivity index (χ1n) is 7.22. The second-order valence-corrected chi connectivity index (χ2v) is 8.16. The maximum absolute atomic E-state index is 12.9. The highest BCUT2D eigenvalue weighted by atomic mass is 32.2. The molecule has 0 spiro atoms. The van der Waals surface area contributed by atoms with E-state index in [4.69, 9.17) is 0 Å². The number of hydrogen-bond donors (Lipinski definition) is 0. The average molecular weight is 355 g/mol. The van der Waals surface area contributed by atoms with Crippen LogP contribution in [0.25, 0.3) is 0 Å². The number of carbonyl (C=O) groups is 2. The van der Waals surface area contributed by atoms with Crippen molar-refractivity contribution in [3.63, 3.8) is 0 Å². The predicted octanol–water partition coefficient (Wildman–Crippen LogP) is -0.711. The summed E-state index contributed by atoms with van der Waals surface area (Å²) in [4.78, 5) is 27.3. The lowest BCUT2D eigenvalue weighted by Gasteiger charge is -2.29. The summed E-state index contributed by atoms with van der Waals surface area (Å²) < 4.78 is 48.4. The Balaban J connectivity index is 2.39. The fourth-order valence-corrected chi connectivity index (χ4v) is 3.36. The summed E-state index contributed by atoms with van der Waals surface area (Å²) in [5.41, 5.74) is 0. The second-order valence-electron chi connectivity index (χ2n) is 5.86. The van der Waals surface area contributed by atoms with Crippen LogP contribution in [-0.4, -0.2) is 99.2 Å². The molecule has 1 aliphatic heterocycles. The Labute approximate surface area is 135 Å². The van der Waals surface area contributed by atoms with Gasteiger partial charge < -0.3 is 9.80 Å². The fourth-order valence-electron chi connectivity index (χ4n) is 2.08. The van der Waals surface area contributed by atoms with Crippen LogP contribution in [0.15, 0.2) is 0 Å². The standard InChI is InChI=1S/C13H23F2N3O4S/c1-13(14,15)12(20)17(3)5-4-16(2)11(19)10-18-6-8-23(21,22)9-7-18/h4-10H2,1-3H3. The van der Waals surface area contributed by atoms with E-state index in [0.29, 0.717) is 20.0 Å². The van der Waals surface area contributed by atoms with Crippen molar-refractivity contribution in [1.82, 2.24) is 14.7 Å². The maximum atomic E-state index is 12.9. The summed E-state index contributed by atoms with van der Waals surface area (Å²) in [6.45, 7) is 1.35. The van der Waals surface area contributed by atoms with E-state index >= 15 is 0 Å². The van der Waals surface area contributed by atoms with Gasteiger partial charge in [0.25, 0.3) is 5.91 Å². The molecule has 0 N–H and O–H groups in total. The lowest BCUT2D eigenvalue weighted by Crippen LogP contribution is -2.47. The lowest BCUT2D eigenvalue weighted by molar-refractivity contribution is -0.153. The largest absolute Gasteiger partial charge is 0.343 e. The van der Waals surface area contributed by atoms with Crippen LogP contribution in [0.1, 0.15) is 6.92 Å². The van der Waals surface area contributed by atoms with Crippen LogP contribution in [0.4, 0.5) is 8.78 Å². The molecule has 1 rings (SSSR count). The zero-order valence-corrected chi connectivity index (χ0v) is 14.4. The van der Waals surface area contributed by atoms with E-state index < -0.39 is 21.7 Å². The number of hydrogen-bond acceptors (Lipinski definition) is 5. The van der Waals surface area contributed by atoms with Crippen LogP contribution in [0.3, 0.4) is 0 Å². The molecule has 2 amide bonds. The molecule has 0 saturated carbocycles. The Morgan fingerprint density at radius 3 is 2.04 bits per heavy atom. The third-order valence-corrected chi connectivity index (χ3v) is 5.32. The Morgan fingerprint density at radius 1 is 1.09 bits per heavy atom. The van der Waals surface area contributed by atoms with Gasteiger partial charge in [0.15, 0.2) is 9.84 Å². The highest BCUT2D eigenvalue weighted by Crippen LogP contribution is 2.14. The number of likely N-dealkylation sites (N-methyl/N-ethyl adjacent to an activating group) is 2. The summed E-state index contributed by atoms with van der Waals surface area (Å²) in [7, 11) is -0.222. The Morgan fingerprint density at radius 2 is 1.57 bits per heavy atom. The van der Waals surface area contributed by atoms with E-state index in [2.05, 4.69) is 0 Å². The molecule has 0 radical (unpaired) electrons. The van der Waals surface area contributed by atoms with Gasteiger partial charge in [-0.1, -0.05) is 0 Å². The van der Waals surface area contributed by atoms with Crippen molar-refractivity contribution in [3.05, 3.63) is 0 Å². The van der Waals surface area contributed by atoms with Gasteiger partial charge in [0, 0.05) is 47.2 Å². The van der Waals surface area contributed by atoms with E-state index in [1.54, 1.807) is 4.90 Å². The third-order valence-electron chi connectivity index (χ3n) is 3.71. The van der Waals surface area contributed by atoms with E-state index in [9.17, 15) is 26.8 Å². The van der Waals surface area contributed by atoms with Crippen LogP contribution in [-0.2, 0) is 19.4 Å². The molecule has 0 aliphatic carbocycles. The summed E-state index contributed by atoms with van der Waals surface area (Å²) in [5, 5.41) is 0. The van der Waals surface area contributed by atoms with E-state index in [1.807, 2.05) is 0 Å². The highest BCUT2D eigenvalue weighted by Gasteiger charge is 2.35. The number of rotatable bonds is 6. The molecule has 134 valence electrons. The smallest absolute Gasteiger partial charge is 0.322 e. The quantitative estimate of drug-likeness (QED) is 0.629. The maximum Gasteiger partial charge on any atom is 0.322 e. The minimum atomic E-state index is -3.43. The molecule has 23 heavy (non-hydrogen) atoms. The van der Waals surface area contributed by atoms with Gasteiger partial charge in [0.2, 0.25) is 5.91 Å². The van der Waals surface area contributed by atoms with Crippen molar-refractivity contribution >= 4 is 21.7 Å². The van der Waals surface area contributed by atoms with E-state index in [-0.39, 0.29) is 37.0 Å².